The van der Waals surface area contributed by atoms with E-state index >= 15 is 0 Å². The number of nitrogens with two attached hydrogens (primary N) is 2. The van der Waals surface area contributed by atoms with Gasteiger partial charge in [0.25, 0.3) is 0 Å². The van der Waals surface area contributed by atoms with Crippen LogP contribution in [0, 0.1) is 0 Å². The minimum Gasteiger partial charge on any atom is -0.383 e. The lowest BCUT2D eigenvalue weighted by Gasteiger charge is -2.25. The normalized spacial score (nSPS) is 15.4. The minimum atomic E-state index is -0.0230. The van der Waals surface area contributed by atoms with Crippen LogP contribution in [0.1, 0.15) is 27.9 Å². The van der Waals surface area contributed by atoms with Crippen molar-refractivity contribution in [2.45, 2.75) is 24.4 Å². The zero-order valence-electron chi connectivity index (χ0n) is 13.5. The standard InChI is InChI=1S/C17H17N5O2S/c18-13-7-14(19)21-17(20-13)25-8-12(23)10-4-9-2-1-3-22-15(24)6-11(5-10)16(9)22/h4-5,7H,1-3,6,8H2,(H4,18,19,20,21). The monoisotopic (exact) mass is 355 g/mol. The van der Waals surface area contributed by atoms with E-state index in [-0.39, 0.29) is 29.1 Å². The number of thioether (sulfide) groups is 1. The van der Waals surface area contributed by atoms with Gasteiger partial charge in [-0.1, -0.05) is 11.8 Å². The van der Waals surface area contributed by atoms with Crippen molar-refractivity contribution in [2.24, 2.45) is 0 Å². The fourth-order valence-corrected chi connectivity index (χ4v) is 4.15. The maximum Gasteiger partial charge on any atom is 0.231 e. The van der Waals surface area contributed by atoms with E-state index in [1.807, 2.05) is 17.0 Å². The number of anilines is 3. The molecule has 1 aromatic heterocycles. The Bertz CT molecular complexity index is 879. The highest BCUT2D eigenvalue weighted by Gasteiger charge is 2.32. The molecule has 2 aliphatic heterocycles. The van der Waals surface area contributed by atoms with Crippen LogP contribution < -0.4 is 16.4 Å². The van der Waals surface area contributed by atoms with Gasteiger partial charge < -0.3 is 16.4 Å². The predicted molar refractivity (Wildman–Crippen MR) is 96.7 cm³/mol. The number of benzene rings is 1. The summed E-state index contributed by atoms with van der Waals surface area (Å²) in [5, 5.41) is 0.384. The van der Waals surface area contributed by atoms with Gasteiger partial charge in [-0.25, -0.2) is 9.97 Å². The molecule has 0 aliphatic carbocycles. The molecular weight excluding hydrogens is 338 g/mol. The first-order valence-corrected chi connectivity index (χ1v) is 9.02. The molecule has 3 heterocycles. The van der Waals surface area contributed by atoms with E-state index in [2.05, 4.69) is 9.97 Å². The number of ketones is 1. The fraction of sp³-hybridized carbons (Fsp3) is 0.294. The van der Waals surface area contributed by atoms with Gasteiger partial charge in [0.1, 0.15) is 11.6 Å². The Kier molecular flexibility index (Phi) is 3.84. The van der Waals surface area contributed by atoms with Crippen LogP contribution in [0.5, 0.6) is 0 Å². The molecule has 7 nitrogen and oxygen atoms in total. The molecule has 0 unspecified atom stereocenters. The van der Waals surface area contributed by atoms with Crippen LogP contribution in [0.2, 0.25) is 0 Å². The van der Waals surface area contributed by atoms with Crippen LogP contribution >= 0.6 is 11.8 Å². The van der Waals surface area contributed by atoms with E-state index in [9.17, 15) is 9.59 Å². The van der Waals surface area contributed by atoms with Gasteiger partial charge in [-0.15, -0.1) is 0 Å². The maximum atomic E-state index is 12.6. The highest BCUT2D eigenvalue weighted by molar-refractivity contribution is 7.99. The van der Waals surface area contributed by atoms with E-state index in [4.69, 9.17) is 11.5 Å². The molecule has 25 heavy (non-hydrogen) atoms. The molecule has 0 saturated carbocycles. The molecule has 0 saturated heterocycles. The summed E-state index contributed by atoms with van der Waals surface area (Å²) in [6.45, 7) is 0.774. The quantitative estimate of drug-likeness (QED) is 0.484. The summed E-state index contributed by atoms with van der Waals surface area (Å²) in [6, 6.07) is 5.24. The van der Waals surface area contributed by atoms with Crippen LogP contribution in [0.3, 0.4) is 0 Å². The molecule has 2 aromatic rings. The van der Waals surface area contributed by atoms with Gasteiger partial charge in [0.2, 0.25) is 5.91 Å². The van der Waals surface area contributed by atoms with Gasteiger partial charge in [-0.05, 0) is 36.1 Å². The molecule has 2 aliphatic rings. The topological polar surface area (TPSA) is 115 Å². The van der Waals surface area contributed by atoms with E-state index < -0.39 is 0 Å². The Morgan fingerprint density at radius 1 is 1.16 bits per heavy atom. The predicted octanol–water partition coefficient (Wildman–Crippen LogP) is 1.45. The second kappa shape index (κ2) is 6.03. The molecule has 4 N–H and O–H groups in total. The molecule has 0 radical (unpaired) electrons. The van der Waals surface area contributed by atoms with Crippen LogP contribution in [0.15, 0.2) is 23.4 Å². The van der Waals surface area contributed by atoms with Crippen molar-refractivity contribution < 1.29 is 9.59 Å². The number of nitrogens with zero attached hydrogens (tertiary/aromatic N) is 3. The smallest absolute Gasteiger partial charge is 0.231 e. The summed E-state index contributed by atoms with van der Waals surface area (Å²) in [5.74, 6) is 0.855. The second-order valence-corrected chi connectivity index (χ2v) is 7.12. The van der Waals surface area contributed by atoms with Crippen molar-refractivity contribution in [3.05, 3.63) is 34.9 Å². The Morgan fingerprint density at radius 3 is 2.64 bits per heavy atom. The number of aromatic nitrogens is 2. The zero-order chi connectivity index (χ0) is 17.6. The van der Waals surface area contributed by atoms with Gasteiger partial charge in [0.05, 0.1) is 17.9 Å². The number of aryl methyl sites for hydroxylation is 1. The van der Waals surface area contributed by atoms with Crippen molar-refractivity contribution >= 4 is 40.8 Å². The van der Waals surface area contributed by atoms with Crippen molar-refractivity contribution in [3.8, 4) is 0 Å². The Labute approximate surface area is 148 Å². The van der Waals surface area contributed by atoms with Gasteiger partial charge in [0, 0.05) is 18.2 Å². The second-order valence-electron chi connectivity index (χ2n) is 6.18. The van der Waals surface area contributed by atoms with Gasteiger partial charge in [0.15, 0.2) is 10.9 Å². The number of rotatable bonds is 4. The first-order valence-electron chi connectivity index (χ1n) is 8.03. The van der Waals surface area contributed by atoms with E-state index in [0.29, 0.717) is 17.1 Å². The average Bonchev–Trinajstić information content (AvgIpc) is 2.89. The highest BCUT2D eigenvalue weighted by atomic mass is 32.2. The lowest BCUT2D eigenvalue weighted by atomic mass is 9.96. The largest absolute Gasteiger partial charge is 0.383 e. The van der Waals surface area contributed by atoms with E-state index in [1.165, 1.54) is 17.8 Å². The summed E-state index contributed by atoms with van der Waals surface area (Å²) in [4.78, 5) is 34.7. The molecule has 0 bridgehead atoms. The molecular formula is C17H17N5O2S. The minimum absolute atomic E-state index is 0.0230. The van der Waals surface area contributed by atoms with E-state index in [0.717, 1.165) is 36.2 Å². The Balaban J connectivity index is 1.55. The summed E-state index contributed by atoms with van der Waals surface area (Å²) in [7, 11) is 0. The fourth-order valence-electron chi connectivity index (χ4n) is 3.38. The lowest BCUT2D eigenvalue weighted by molar-refractivity contribution is -0.117. The first-order chi connectivity index (χ1) is 12.0. The molecule has 1 aromatic carbocycles. The van der Waals surface area contributed by atoms with Crippen LogP contribution in [-0.4, -0.2) is 34.0 Å². The summed E-state index contributed by atoms with van der Waals surface area (Å²) >= 11 is 1.20. The van der Waals surface area contributed by atoms with Crippen molar-refractivity contribution in [1.29, 1.82) is 0 Å². The van der Waals surface area contributed by atoms with Crippen molar-refractivity contribution in [1.82, 2.24) is 9.97 Å². The number of nitrogen functional groups attached to an aromatic ring is 2. The van der Waals surface area contributed by atoms with Crippen LogP contribution in [0.4, 0.5) is 17.3 Å². The SMILES string of the molecule is Nc1cc(N)nc(SCC(=O)c2cc3c4c(c2)CC(=O)N4CCC3)n1. The number of hydrogen-bond donors (Lipinski definition) is 2. The van der Waals surface area contributed by atoms with Crippen molar-refractivity contribution in [3.63, 3.8) is 0 Å². The van der Waals surface area contributed by atoms with Crippen LogP contribution in [0.25, 0.3) is 0 Å². The third-order valence-corrected chi connectivity index (χ3v) is 5.26. The van der Waals surface area contributed by atoms with Gasteiger partial charge in [-0.3, -0.25) is 9.59 Å². The number of Topliss-reactive ketones (excluding diaryl/α,β-unsaturated/α-hetero) is 1. The third kappa shape index (κ3) is 2.93. The third-order valence-electron chi connectivity index (χ3n) is 4.41. The summed E-state index contributed by atoms with van der Waals surface area (Å²) < 4.78 is 0. The van der Waals surface area contributed by atoms with Gasteiger partial charge >= 0.3 is 0 Å². The van der Waals surface area contributed by atoms with E-state index in [1.54, 1.807) is 0 Å². The molecule has 0 fully saturated rings. The average molecular weight is 355 g/mol. The molecule has 1 amide bonds. The van der Waals surface area contributed by atoms with Gasteiger partial charge in [-0.2, -0.15) is 0 Å². The Hall–Kier alpha value is -2.61. The summed E-state index contributed by atoms with van der Waals surface area (Å²) in [5.41, 5.74) is 15.0. The molecule has 128 valence electrons. The molecule has 8 heteroatoms. The first kappa shape index (κ1) is 15.9. The number of amides is 1. The number of hydrogen-bond acceptors (Lipinski definition) is 7. The Morgan fingerprint density at radius 2 is 1.88 bits per heavy atom. The lowest BCUT2D eigenvalue weighted by Crippen LogP contribution is -2.31. The summed E-state index contributed by atoms with van der Waals surface area (Å²) in [6.07, 6.45) is 2.21. The van der Waals surface area contributed by atoms with Crippen molar-refractivity contribution in [2.75, 3.05) is 28.7 Å². The molecule has 0 atom stereocenters. The van der Waals surface area contributed by atoms with Crippen LogP contribution in [-0.2, 0) is 17.6 Å². The highest BCUT2D eigenvalue weighted by Crippen LogP contribution is 2.37. The number of carbonyl (C=O) groups excluding carboxylic acids is 2. The molecule has 0 spiro atoms. The zero-order valence-corrected chi connectivity index (χ0v) is 14.3. The maximum absolute atomic E-state index is 12.6. The number of carbonyl (C=O) groups is 2. The molecule has 4 rings (SSSR count).